The summed E-state index contributed by atoms with van der Waals surface area (Å²) in [6.45, 7) is 1.55. The zero-order valence-corrected chi connectivity index (χ0v) is 21.5. The monoisotopic (exact) mass is 537 g/mol. The zero-order valence-electron chi connectivity index (χ0n) is 19.8. The molecule has 0 bridgehead atoms. The lowest BCUT2D eigenvalue weighted by atomic mass is 10.1. The first kappa shape index (κ1) is 24.7. The molecule has 2 amide bonds. The van der Waals surface area contributed by atoms with Crippen molar-refractivity contribution < 1.29 is 22.7 Å². The van der Waals surface area contributed by atoms with Crippen molar-refractivity contribution >= 4 is 49.8 Å². The number of aromatic nitrogens is 2. The predicted octanol–water partition coefficient (Wildman–Crippen LogP) is 3.10. The number of hydrogen-bond acceptors (Lipinski definition) is 8. The second-order valence-electron chi connectivity index (χ2n) is 8.31. The van der Waals surface area contributed by atoms with Gasteiger partial charge in [-0.2, -0.15) is 0 Å². The number of piperazine rings is 1. The molecule has 0 saturated carbocycles. The quantitative estimate of drug-likeness (QED) is 0.401. The van der Waals surface area contributed by atoms with Gasteiger partial charge in [-0.3, -0.25) is 19.3 Å². The Kier molecular flexibility index (Phi) is 6.76. The molecule has 12 heteroatoms. The molecular weight excluding hydrogens is 514 g/mol. The number of para-hydroxylation sites is 1. The normalized spacial score (nSPS) is 14.0. The minimum Gasteiger partial charge on any atom is -0.495 e. The highest BCUT2D eigenvalue weighted by Crippen LogP contribution is 2.30. The standard InChI is InChI=1S/C25H23N5O5S2/c1-35-21-14-18(24(31)29-10-12-30(13-11-29)25(32)20-15-36-16-27-20)7-8-19(21)28-37(33,34)22-6-2-4-17-5-3-9-26-23(17)22/h2-9,14-16,28H,10-13H2,1H3. The Morgan fingerprint density at radius 3 is 2.41 bits per heavy atom. The number of ether oxygens (including phenoxy) is 1. The van der Waals surface area contributed by atoms with E-state index in [1.165, 1.54) is 42.8 Å². The van der Waals surface area contributed by atoms with Crippen LogP contribution in [-0.4, -0.2) is 73.3 Å². The van der Waals surface area contributed by atoms with Crippen molar-refractivity contribution in [3.8, 4) is 5.75 Å². The summed E-state index contributed by atoms with van der Waals surface area (Å²) >= 11 is 1.36. The number of amides is 2. The van der Waals surface area contributed by atoms with Crippen LogP contribution in [0.3, 0.4) is 0 Å². The third-order valence-electron chi connectivity index (χ3n) is 6.08. The maximum atomic E-state index is 13.2. The predicted molar refractivity (Wildman–Crippen MR) is 139 cm³/mol. The molecule has 0 atom stereocenters. The molecular formula is C25H23N5O5S2. The van der Waals surface area contributed by atoms with Crippen LogP contribution in [0.1, 0.15) is 20.8 Å². The van der Waals surface area contributed by atoms with Crippen molar-refractivity contribution in [1.82, 2.24) is 19.8 Å². The van der Waals surface area contributed by atoms with Crippen molar-refractivity contribution in [2.45, 2.75) is 4.90 Å². The number of sulfonamides is 1. The van der Waals surface area contributed by atoms with Gasteiger partial charge >= 0.3 is 0 Å². The third kappa shape index (κ3) is 4.98. The highest BCUT2D eigenvalue weighted by molar-refractivity contribution is 7.93. The summed E-state index contributed by atoms with van der Waals surface area (Å²) in [5.74, 6) is -0.167. The molecule has 1 saturated heterocycles. The summed E-state index contributed by atoms with van der Waals surface area (Å²) in [7, 11) is -2.58. The van der Waals surface area contributed by atoms with Gasteiger partial charge in [-0.1, -0.05) is 18.2 Å². The van der Waals surface area contributed by atoms with Gasteiger partial charge in [0.05, 0.1) is 23.8 Å². The molecule has 2 aromatic carbocycles. The third-order valence-corrected chi connectivity index (χ3v) is 8.07. The smallest absolute Gasteiger partial charge is 0.273 e. The van der Waals surface area contributed by atoms with Gasteiger partial charge in [0.1, 0.15) is 16.3 Å². The Morgan fingerprint density at radius 1 is 0.973 bits per heavy atom. The number of carbonyl (C=O) groups excluding carboxylic acids is 2. The average Bonchev–Trinajstić information content (AvgIpc) is 3.47. The van der Waals surface area contributed by atoms with Gasteiger partial charge in [-0.15, -0.1) is 11.3 Å². The number of hydrogen-bond donors (Lipinski definition) is 1. The molecule has 1 N–H and O–H groups in total. The van der Waals surface area contributed by atoms with E-state index in [0.717, 1.165) is 0 Å². The van der Waals surface area contributed by atoms with Crippen LogP contribution < -0.4 is 9.46 Å². The van der Waals surface area contributed by atoms with Crippen LogP contribution >= 0.6 is 11.3 Å². The van der Waals surface area contributed by atoms with Gasteiger partial charge in [-0.05, 0) is 30.3 Å². The Balaban J connectivity index is 1.31. The molecule has 4 aromatic rings. The fourth-order valence-electron chi connectivity index (χ4n) is 4.18. The van der Waals surface area contributed by atoms with Crippen LogP contribution in [0.25, 0.3) is 10.9 Å². The van der Waals surface area contributed by atoms with Crippen LogP contribution in [0.4, 0.5) is 5.69 Å². The molecule has 37 heavy (non-hydrogen) atoms. The summed E-state index contributed by atoms with van der Waals surface area (Å²) in [6, 6.07) is 13.0. The maximum Gasteiger partial charge on any atom is 0.273 e. The van der Waals surface area contributed by atoms with Gasteiger partial charge < -0.3 is 14.5 Å². The average molecular weight is 538 g/mol. The molecule has 0 aliphatic carbocycles. The number of benzene rings is 2. The lowest BCUT2D eigenvalue weighted by molar-refractivity contribution is 0.0532. The minimum absolute atomic E-state index is 0.0397. The maximum absolute atomic E-state index is 13.2. The number of fused-ring (bicyclic) bond motifs is 1. The number of thiazole rings is 1. The van der Waals surface area contributed by atoms with Crippen molar-refractivity contribution in [2.75, 3.05) is 38.0 Å². The van der Waals surface area contributed by atoms with Crippen molar-refractivity contribution in [1.29, 1.82) is 0 Å². The van der Waals surface area contributed by atoms with Crippen LogP contribution in [0.15, 0.2) is 70.5 Å². The molecule has 1 aliphatic heterocycles. The number of pyridine rings is 1. The lowest BCUT2D eigenvalue weighted by Gasteiger charge is -2.34. The minimum atomic E-state index is -3.99. The molecule has 1 aliphatic rings. The van der Waals surface area contributed by atoms with Crippen molar-refractivity contribution in [3.05, 3.63) is 76.9 Å². The Labute approximate surface area is 217 Å². The van der Waals surface area contributed by atoms with E-state index in [-0.39, 0.29) is 28.1 Å². The second-order valence-corrected chi connectivity index (χ2v) is 10.7. The number of carbonyl (C=O) groups is 2. The van der Waals surface area contributed by atoms with E-state index in [0.29, 0.717) is 48.3 Å². The SMILES string of the molecule is COc1cc(C(=O)N2CCN(C(=O)c3cscn3)CC2)ccc1NS(=O)(=O)c1cccc2cccnc12. The first-order valence-corrected chi connectivity index (χ1v) is 13.8. The highest BCUT2D eigenvalue weighted by atomic mass is 32.2. The van der Waals surface area contributed by atoms with Crippen LogP contribution in [0.2, 0.25) is 0 Å². The van der Waals surface area contributed by atoms with Gasteiger partial charge in [0.25, 0.3) is 21.8 Å². The summed E-state index contributed by atoms with van der Waals surface area (Å²) in [5.41, 5.74) is 2.93. The van der Waals surface area contributed by atoms with E-state index < -0.39 is 10.0 Å². The van der Waals surface area contributed by atoms with Gasteiger partial charge in [0, 0.05) is 48.7 Å². The van der Waals surface area contributed by atoms with E-state index >= 15 is 0 Å². The van der Waals surface area contributed by atoms with E-state index in [9.17, 15) is 18.0 Å². The van der Waals surface area contributed by atoms with Gasteiger partial charge in [-0.25, -0.2) is 13.4 Å². The molecule has 0 spiro atoms. The van der Waals surface area contributed by atoms with Crippen LogP contribution in [0, 0.1) is 0 Å². The van der Waals surface area contributed by atoms with Crippen molar-refractivity contribution in [3.63, 3.8) is 0 Å². The molecule has 5 rings (SSSR count). The Morgan fingerprint density at radius 2 is 1.70 bits per heavy atom. The largest absolute Gasteiger partial charge is 0.495 e. The first-order valence-electron chi connectivity index (χ1n) is 11.4. The van der Waals surface area contributed by atoms with Crippen LogP contribution in [0.5, 0.6) is 5.75 Å². The highest BCUT2D eigenvalue weighted by Gasteiger charge is 2.27. The Hall–Kier alpha value is -4.03. The topological polar surface area (TPSA) is 122 Å². The lowest BCUT2D eigenvalue weighted by Crippen LogP contribution is -2.50. The summed E-state index contributed by atoms with van der Waals surface area (Å²) < 4.78 is 34.4. The molecule has 2 aromatic heterocycles. The molecule has 3 heterocycles. The molecule has 0 radical (unpaired) electrons. The molecule has 10 nitrogen and oxygen atoms in total. The number of nitrogens with one attached hydrogen (secondary N) is 1. The van der Waals surface area contributed by atoms with Crippen molar-refractivity contribution in [2.24, 2.45) is 0 Å². The van der Waals surface area contributed by atoms with E-state index in [4.69, 9.17) is 4.74 Å². The Bertz CT molecular complexity index is 1560. The molecule has 0 unspecified atom stereocenters. The number of methoxy groups -OCH3 is 1. The van der Waals surface area contributed by atoms with E-state index in [1.54, 1.807) is 51.0 Å². The zero-order chi connectivity index (χ0) is 26.0. The van der Waals surface area contributed by atoms with Gasteiger partial charge in [0.2, 0.25) is 0 Å². The fraction of sp³-hybridized carbons (Fsp3) is 0.200. The second kappa shape index (κ2) is 10.1. The summed E-state index contributed by atoms with van der Waals surface area (Å²) in [4.78, 5) is 37.3. The molecule has 190 valence electrons. The number of rotatable bonds is 6. The van der Waals surface area contributed by atoms with E-state index in [2.05, 4.69) is 14.7 Å². The number of anilines is 1. The number of nitrogens with zero attached hydrogens (tertiary/aromatic N) is 4. The first-order chi connectivity index (χ1) is 17.9. The molecule has 1 fully saturated rings. The van der Waals surface area contributed by atoms with E-state index in [1.807, 2.05) is 0 Å². The van der Waals surface area contributed by atoms with Gasteiger partial charge in [0.15, 0.2) is 0 Å². The summed E-state index contributed by atoms with van der Waals surface area (Å²) in [6.07, 6.45) is 1.54. The van der Waals surface area contributed by atoms with Crippen LogP contribution in [-0.2, 0) is 10.0 Å². The summed E-state index contributed by atoms with van der Waals surface area (Å²) in [5, 5.41) is 2.41. The fourth-order valence-corrected chi connectivity index (χ4v) is 5.95.